The lowest BCUT2D eigenvalue weighted by Gasteiger charge is -2.12. The van der Waals surface area contributed by atoms with Crippen molar-refractivity contribution in [1.82, 2.24) is 4.31 Å². The van der Waals surface area contributed by atoms with Crippen molar-refractivity contribution in [2.75, 3.05) is 7.05 Å². The van der Waals surface area contributed by atoms with Crippen LogP contribution in [0.2, 0.25) is 0 Å². The largest absolute Gasteiger partial charge is 0.242 e. The molecule has 0 fully saturated rings. The molecule has 1 nitrogen and oxygen atoms in total. The van der Waals surface area contributed by atoms with Crippen molar-refractivity contribution in [3.8, 4) is 0 Å². The predicted octanol–water partition coefficient (Wildman–Crippen LogP) is 2.70. The maximum atomic E-state index is 2.28. The maximum Gasteiger partial charge on any atom is 0.0435 e. The highest BCUT2D eigenvalue weighted by molar-refractivity contribution is 7.97. The highest BCUT2D eigenvalue weighted by atomic mass is 32.2. The molecule has 11 heavy (non-hydrogen) atoms. The molecule has 0 radical (unpaired) electrons. The van der Waals surface area contributed by atoms with Crippen LogP contribution >= 0.6 is 11.9 Å². The third-order valence-corrected chi connectivity index (χ3v) is 3.33. The number of fused-ring (bicyclic) bond motifs is 1. The molecule has 0 saturated heterocycles. The van der Waals surface area contributed by atoms with Gasteiger partial charge in [-0.1, -0.05) is 18.2 Å². The lowest BCUT2D eigenvalue weighted by molar-refractivity contribution is 0.467. The van der Waals surface area contributed by atoms with Gasteiger partial charge in [0, 0.05) is 10.9 Å². The number of hydrogen-bond donors (Lipinski definition) is 0. The Balaban J connectivity index is 2.47. The molecular weight excluding hydrogens is 154 g/mol. The molecule has 1 aliphatic heterocycles. The first kappa shape index (κ1) is 7.19. The summed E-state index contributed by atoms with van der Waals surface area (Å²) < 4.78 is 2.28. The molecule has 1 aliphatic rings. The van der Waals surface area contributed by atoms with E-state index in [1.807, 2.05) is 11.9 Å². The Kier molecular flexibility index (Phi) is 1.66. The monoisotopic (exact) mass is 165 g/mol. The average molecular weight is 165 g/mol. The minimum Gasteiger partial charge on any atom is -0.242 e. The van der Waals surface area contributed by atoms with Gasteiger partial charge in [0.15, 0.2) is 0 Å². The summed E-state index contributed by atoms with van der Waals surface area (Å²) in [6, 6.07) is 9.15. The van der Waals surface area contributed by atoms with E-state index in [-0.39, 0.29) is 0 Å². The van der Waals surface area contributed by atoms with Crippen molar-refractivity contribution in [3.63, 3.8) is 0 Å². The molecule has 0 amide bonds. The highest BCUT2D eigenvalue weighted by Crippen LogP contribution is 2.41. The average Bonchev–Trinajstić information content (AvgIpc) is 2.30. The first-order chi connectivity index (χ1) is 5.29. The predicted molar refractivity (Wildman–Crippen MR) is 48.5 cm³/mol. The van der Waals surface area contributed by atoms with Crippen molar-refractivity contribution < 1.29 is 0 Å². The van der Waals surface area contributed by atoms with Crippen LogP contribution in [0.15, 0.2) is 29.2 Å². The van der Waals surface area contributed by atoms with Crippen LogP contribution < -0.4 is 0 Å². The SMILES string of the molecule is CC1c2ccccc2SN1C. The van der Waals surface area contributed by atoms with Crippen LogP contribution in [0.25, 0.3) is 0 Å². The number of benzene rings is 1. The number of rotatable bonds is 0. The second kappa shape index (κ2) is 2.54. The standard InChI is InChI=1S/C9H11NS/c1-7-8-5-3-4-6-9(8)11-10(7)2/h3-7H,1-2H3. The lowest BCUT2D eigenvalue weighted by atomic mass is 10.1. The first-order valence-corrected chi connectivity index (χ1v) is 4.56. The summed E-state index contributed by atoms with van der Waals surface area (Å²) in [6.07, 6.45) is 0. The first-order valence-electron chi connectivity index (χ1n) is 3.79. The summed E-state index contributed by atoms with van der Waals surface area (Å²) in [5.41, 5.74) is 1.46. The fourth-order valence-electron chi connectivity index (χ4n) is 1.34. The van der Waals surface area contributed by atoms with Crippen molar-refractivity contribution in [2.24, 2.45) is 0 Å². The number of hydrogen-bond acceptors (Lipinski definition) is 2. The molecule has 1 aromatic rings. The van der Waals surface area contributed by atoms with Crippen LogP contribution in [0.3, 0.4) is 0 Å². The molecule has 0 N–H and O–H groups in total. The molecule has 0 saturated carbocycles. The van der Waals surface area contributed by atoms with Crippen LogP contribution in [0, 0.1) is 0 Å². The van der Waals surface area contributed by atoms with Gasteiger partial charge in [-0.15, -0.1) is 0 Å². The zero-order chi connectivity index (χ0) is 7.84. The molecule has 0 spiro atoms. The van der Waals surface area contributed by atoms with Gasteiger partial charge in [0.2, 0.25) is 0 Å². The molecule has 58 valence electrons. The molecule has 1 unspecified atom stereocenters. The summed E-state index contributed by atoms with van der Waals surface area (Å²) in [5, 5.41) is 0. The quantitative estimate of drug-likeness (QED) is 0.544. The van der Waals surface area contributed by atoms with E-state index >= 15 is 0 Å². The van der Waals surface area contributed by atoms with E-state index in [9.17, 15) is 0 Å². The van der Waals surface area contributed by atoms with Crippen LogP contribution in [-0.4, -0.2) is 11.4 Å². The maximum absolute atomic E-state index is 2.28. The van der Waals surface area contributed by atoms with E-state index in [0.29, 0.717) is 6.04 Å². The highest BCUT2D eigenvalue weighted by Gasteiger charge is 2.23. The minimum atomic E-state index is 0.566. The van der Waals surface area contributed by atoms with Gasteiger partial charge in [-0.3, -0.25) is 0 Å². The van der Waals surface area contributed by atoms with Crippen LogP contribution in [0.4, 0.5) is 0 Å². The van der Waals surface area contributed by atoms with Gasteiger partial charge in [0.25, 0.3) is 0 Å². The lowest BCUT2D eigenvalue weighted by Crippen LogP contribution is -2.06. The van der Waals surface area contributed by atoms with Crippen molar-refractivity contribution in [3.05, 3.63) is 29.8 Å². The molecule has 2 heteroatoms. The Hall–Kier alpha value is -0.470. The summed E-state index contributed by atoms with van der Waals surface area (Å²) >= 11 is 1.83. The third-order valence-electron chi connectivity index (χ3n) is 2.16. The van der Waals surface area contributed by atoms with Gasteiger partial charge in [-0.05, 0) is 37.5 Å². The van der Waals surface area contributed by atoms with Crippen LogP contribution in [0.5, 0.6) is 0 Å². The Morgan fingerprint density at radius 3 is 2.82 bits per heavy atom. The summed E-state index contributed by atoms with van der Waals surface area (Å²) in [6.45, 7) is 2.23. The molecule has 1 atom stereocenters. The second-order valence-corrected chi connectivity index (χ2v) is 4.05. The van der Waals surface area contributed by atoms with Crippen molar-refractivity contribution >= 4 is 11.9 Å². The van der Waals surface area contributed by atoms with Crippen LogP contribution in [0.1, 0.15) is 18.5 Å². The van der Waals surface area contributed by atoms with E-state index in [4.69, 9.17) is 0 Å². The molecule has 2 rings (SSSR count). The molecule has 0 bridgehead atoms. The van der Waals surface area contributed by atoms with E-state index in [0.717, 1.165) is 0 Å². The van der Waals surface area contributed by atoms with Gasteiger partial charge in [0.05, 0.1) is 0 Å². The smallest absolute Gasteiger partial charge is 0.0435 e. The van der Waals surface area contributed by atoms with Gasteiger partial charge in [-0.25, -0.2) is 4.31 Å². The van der Waals surface area contributed by atoms with E-state index < -0.39 is 0 Å². The molecule has 0 aliphatic carbocycles. The molecule has 0 aromatic heterocycles. The van der Waals surface area contributed by atoms with Gasteiger partial charge in [0.1, 0.15) is 0 Å². The molecular formula is C9H11NS. The topological polar surface area (TPSA) is 3.24 Å². The zero-order valence-corrected chi connectivity index (χ0v) is 7.56. The Bertz CT molecular complexity index is 272. The van der Waals surface area contributed by atoms with Gasteiger partial charge in [-0.2, -0.15) is 0 Å². The van der Waals surface area contributed by atoms with E-state index in [1.165, 1.54) is 10.5 Å². The number of nitrogens with zero attached hydrogens (tertiary/aromatic N) is 1. The zero-order valence-electron chi connectivity index (χ0n) is 6.74. The van der Waals surface area contributed by atoms with E-state index in [2.05, 4.69) is 42.5 Å². The fourth-order valence-corrected chi connectivity index (χ4v) is 2.40. The van der Waals surface area contributed by atoms with Gasteiger partial charge < -0.3 is 0 Å². The normalized spacial score (nSPS) is 23.6. The minimum absolute atomic E-state index is 0.566. The van der Waals surface area contributed by atoms with Crippen LogP contribution in [-0.2, 0) is 0 Å². The molecule has 1 heterocycles. The van der Waals surface area contributed by atoms with Gasteiger partial charge >= 0.3 is 0 Å². The molecule has 1 aromatic carbocycles. The Morgan fingerprint density at radius 2 is 2.09 bits per heavy atom. The Morgan fingerprint density at radius 1 is 1.36 bits per heavy atom. The fraction of sp³-hybridized carbons (Fsp3) is 0.333. The van der Waals surface area contributed by atoms with Crippen molar-refractivity contribution in [2.45, 2.75) is 17.9 Å². The summed E-state index contributed by atoms with van der Waals surface area (Å²) in [4.78, 5) is 1.41. The Labute approximate surface area is 71.5 Å². The third kappa shape index (κ3) is 1.06. The summed E-state index contributed by atoms with van der Waals surface area (Å²) in [5.74, 6) is 0. The van der Waals surface area contributed by atoms with E-state index in [1.54, 1.807) is 0 Å². The van der Waals surface area contributed by atoms with Crippen molar-refractivity contribution in [1.29, 1.82) is 0 Å². The second-order valence-electron chi connectivity index (χ2n) is 2.85. The summed E-state index contributed by atoms with van der Waals surface area (Å²) in [7, 11) is 2.13.